The number of nitrogens with two attached hydrogens (primary N) is 1. The van der Waals surface area contributed by atoms with Crippen LogP contribution < -0.4 is 5.73 Å². The van der Waals surface area contributed by atoms with E-state index < -0.39 is 0 Å². The van der Waals surface area contributed by atoms with Gasteiger partial charge in [-0.05, 0) is 0 Å². The lowest BCUT2D eigenvalue weighted by atomic mass is 9.90. The first kappa shape index (κ1) is 10.6. The summed E-state index contributed by atoms with van der Waals surface area (Å²) in [6.07, 6.45) is 0. The van der Waals surface area contributed by atoms with Gasteiger partial charge in [0.25, 0.3) is 0 Å². The third-order valence-electron chi connectivity index (χ3n) is 2.02. The maximum Gasteiger partial charge on any atom is 0.119 e. The smallest absolute Gasteiger partial charge is 0.119 e. The first-order chi connectivity index (χ1) is 6.10. The van der Waals surface area contributed by atoms with Crippen LogP contribution >= 0.6 is 11.3 Å². The normalized spacial score (nSPS) is 12.0. The Morgan fingerprint density at radius 3 is 2.85 bits per heavy atom. The number of hydrogen-bond donors (Lipinski definition) is 1. The minimum atomic E-state index is -0.0253. The van der Waals surface area contributed by atoms with Crippen LogP contribution in [0.15, 0.2) is 5.38 Å². The van der Waals surface area contributed by atoms with Crippen molar-refractivity contribution in [2.24, 2.45) is 5.73 Å². The highest BCUT2D eigenvalue weighted by atomic mass is 32.1. The monoisotopic (exact) mass is 200 g/mol. The average molecular weight is 200 g/mol. The molecule has 1 heterocycles. The molecule has 0 aliphatic carbocycles. The Balaban J connectivity index is 2.79. The zero-order valence-corrected chi connectivity index (χ0v) is 9.15. The minimum Gasteiger partial charge on any atom is -0.378 e. The maximum absolute atomic E-state index is 5.65. The molecule has 0 fully saturated rings. The van der Waals surface area contributed by atoms with Gasteiger partial charge in [-0.15, -0.1) is 11.3 Å². The molecule has 0 atom stereocenters. The fraction of sp³-hybridized carbons (Fsp3) is 0.667. The molecule has 4 heteroatoms. The number of nitrogens with zero attached hydrogens (tertiary/aromatic N) is 1. The van der Waals surface area contributed by atoms with Crippen LogP contribution in [0.3, 0.4) is 0 Å². The quantitative estimate of drug-likeness (QED) is 0.801. The van der Waals surface area contributed by atoms with E-state index in [1.807, 2.05) is 0 Å². The topological polar surface area (TPSA) is 48.1 Å². The highest BCUT2D eigenvalue weighted by Crippen LogP contribution is 2.23. The molecule has 0 aliphatic rings. The van der Waals surface area contributed by atoms with E-state index in [-0.39, 0.29) is 5.41 Å². The van der Waals surface area contributed by atoms with E-state index in [4.69, 9.17) is 10.5 Å². The van der Waals surface area contributed by atoms with Crippen molar-refractivity contribution in [2.45, 2.75) is 25.9 Å². The summed E-state index contributed by atoms with van der Waals surface area (Å²) in [5, 5.41) is 3.07. The van der Waals surface area contributed by atoms with Crippen LogP contribution in [-0.4, -0.2) is 18.6 Å². The Labute approximate surface area is 82.9 Å². The van der Waals surface area contributed by atoms with Crippen molar-refractivity contribution in [3.8, 4) is 0 Å². The van der Waals surface area contributed by atoms with Gasteiger partial charge in [0.2, 0.25) is 0 Å². The summed E-state index contributed by atoms with van der Waals surface area (Å²) in [6, 6.07) is 0. The molecular weight excluding hydrogens is 184 g/mol. The fourth-order valence-electron chi connectivity index (χ4n) is 0.916. The lowest BCUT2D eigenvalue weighted by Gasteiger charge is -2.19. The molecule has 0 aliphatic heterocycles. The van der Waals surface area contributed by atoms with Crippen LogP contribution in [0.25, 0.3) is 0 Å². The number of methoxy groups -OCH3 is 1. The molecule has 0 spiro atoms. The molecule has 1 aromatic heterocycles. The molecule has 1 aromatic rings. The van der Waals surface area contributed by atoms with E-state index in [0.29, 0.717) is 13.2 Å². The van der Waals surface area contributed by atoms with Crippen molar-refractivity contribution in [3.63, 3.8) is 0 Å². The van der Waals surface area contributed by atoms with Gasteiger partial charge in [-0.3, -0.25) is 0 Å². The summed E-state index contributed by atoms with van der Waals surface area (Å²) in [6.45, 7) is 5.39. The van der Waals surface area contributed by atoms with E-state index in [9.17, 15) is 0 Å². The highest BCUT2D eigenvalue weighted by Gasteiger charge is 2.21. The van der Waals surface area contributed by atoms with Gasteiger partial charge in [0, 0.05) is 24.4 Å². The van der Waals surface area contributed by atoms with E-state index in [1.54, 1.807) is 18.4 Å². The van der Waals surface area contributed by atoms with Crippen LogP contribution in [0.4, 0.5) is 0 Å². The molecule has 2 N–H and O–H groups in total. The van der Waals surface area contributed by atoms with Crippen molar-refractivity contribution in [3.05, 3.63) is 16.1 Å². The maximum atomic E-state index is 5.65. The molecule has 0 unspecified atom stereocenters. The molecule has 3 nitrogen and oxygen atoms in total. The Hall–Kier alpha value is -0.450. The SMILES string of the molecule is COCc1nc(C(C)(C)CN)cs1. The van der Waals surface area contributed by atoms with Gasteiger partial charge < -0.3 is 10.5 Å². The van der Waals surface area contributed by atoms with E-state index >= 15 is 0 Å². The number of rotatable bonds is 4. The van der Waals surface area contributed by atoms with Crippen LogP contribution in [0.2, 0.25) is 0 Å². The average Bonchev–Trinajstić information content (AvgIpc) is 2.54. The first-order valence-corrected chi connectivity index (χ1v) is 5.12. The lowest BCUT2D eigenvalue weighted by molar-refractivity contribution is 0.184. The summed E-state index contributed by atoms with van der Waals surface area (Å²) in [4.78, 5) is 4.46. The van der Waals surface area contributed by atoms with Gasteiger partial charge in [0.15, 0.2) is 0 Å². The molecule has 0 saturated carbocycles. The van der Waals surface area contributed by atoms with Crippen molar-refractivity contribution in [2.75, 3.05) is 13.7 Å². The summed E-state index contributed by atoms with van der Waals surface area (Å²) in [7, 11) is 1.68. The second-order valence-corrected chi connectivity index (χ2v) is 4.59. The third-order valence-corrected chi connectivity index (χ3v) is 2.85. The van der Waals surface area contributed by atoms with Crippen molar-refractivity contribution in [1.29, 1.82) is 0 Å². The second-order valence-electron chi connectivity index (χ2n) is 3.65. The highest BCUT2D eigenvalue weighted by molar-refractivity contribution is 7.09. The third kappa shape index (κ3) is 2.49. The Bertz CT molecular complexity index is 270. The standard InChI is InChI=1S/C9H16N2OS/c1-9(2,6-10)7-5-13-8(11-7)4-12-3/h5H,4,6,10H2,1-3H3. The van der Waals surface area contributed by atoms with E-state index in [1.165, 1.54) is 0 Å². The molecule has 0 radical (unpaired) electrons. The van der Waals surface area contributed by atoms with Gasteiger partial charge in [0.05, 0.1) is 12.3 Å². The van der Waals surface area contributed by atoms with Crippen molar-refractivity contribution >= 4 is 11.3 Å². The van der Waals surface area contributed by atoms with E-state index in [2.05, 4.69) is 24.2 Å². The van der Waals surface area contributed by atoms with Crippen LogP contribution in [0.5, 0.6) is 0 Å². The van der Waals surface area contributed by atoms with Crippen molar-refractivity contribution < 1.29 is 4.74 Å². The van der Waals surface area contributed by atoms with Crippen LogP contribution in [0.1, 0.15) is 24.5 Å². The minimum absolute atomic E-state index is 0.0253. The summed E-state index contributed by atoms with van der Waals surface area (Å²) in [5.41, 5.74) is 6.69. The molecule has 0 amide bonds. The van der Waals surface area contributed by atoms with Crippen LogP contribution in [0, 0.1) is 0 Å². The molecule has 1 rings (SSSR count). The van der Waals surface area contributed by atoms with Crippen molar-refractivity contribution in [1.82, 2.24) is 4.98 Å². The fourth-order valence-corrected chi connectivity index (χ4v) is 1.87. The molecule has 0 saturated heterocycles. The molecule has 0 bridgehead atoms. The first-order valence-electron chi connectivity index (χ1n) is 4.24. The molecular formula is C9H16N2OS. The zero-order chi connectivity index (χ0) is 9.90. The van der Waals surface area contributed by atoms with Gasteiger partial charge in [-0.2, -0.15) is 0 Å². The lowest BCUT2D eigenvalue weighted by Crippen LogP contribution is -2.28. The summed E-state index contributed by atoms with van der Waals surface area (Å²) >= 11 is 1.62. The Morgan fingerprint density at radius 2 is 2.31 bits per heavy atom. The predicted octanol–water partition coefficient (Wildman–Crippen LogP) is 1.53. The number of thiazole rings is 1. The van der Waals surface area contributed by atoms with Crippen LogP contribution in [-0.2, 0) is 16.8 Å². The van der Waals surface area contributed by atoms with Gasteiger partial charge in [-0.1, -0.05) is 13.8 Å². The molecule has 74 valence electrons. The molecule has 13 heavy (non-hydrogen) atoms. The zero-order valence-electron chi connectivity index (χ0n) is 8.33. The Kier molecular flexibility index (Phi) is 3.41. The number of aromatic nitrogens is 1. The van der Waals surface area contributed by atoms with Gasteiger partial charge in [0.1, 0.15) is 5.01 Å². The molecule has 0 aromatic carbocycles. The van der Waals surface area contributed by atoms with Gasteiger partial charge >= 0.3 is 0 Å². The largest absolute Gasteiger partial charge is 0.378 e. The number of hydrogen-bond acceptors (Lipinski definition) is 4. The summed E-state index contributed by atoms with van der Waals surface area (Å²) < 4.78 is 5.00. The number of ether oxygens (including phenoxy) is 1. The Morgan fingerprint density at radius 1 is 1.62 bits per heavy atom. The second kappa shape index (κ2) is 4.17. The summed E-state index contributed by atoms with van der Waals surface area (Å²) in [5.74, 6) is 0. The van der Waals surface area contributed by atoms with Gasteiger partial charge in [-0.25, -0.2) is 4.98 Å². The predicted molar refractivity (Wildman–Crippen MR) is 54.9 cm³/mol. The van der Waals surface area contributed by atoms with E-state index in [0.717, 1.165) is 10.7 Å².